The van der Waals surface area contributed by atoms with Crippen molar-refractivity contribution in [3.63, 3.8) is 0 Å². The number of aryl methyl sites for hydroxylation is 1. The number of nitrogens with zero attached hydrogens (tertiary/aromatic N) is 4. The summed E-state index contributed by atoms with van der Waals surface area (Å²) in [7, 11) is 2.99. The Bertz CT molecular complexity index is 1570. The molecule has 0 radical (unpaired) electrons. The first-order valence-electron chi connectivity index (χ1n) is 12.8. The molecule has 17 heteroatoms. The third kappa shape index (κ3) is 7.27. The molecule has 0 aliphatic carbocycles. The van der Waals surface area contributed by atoms with Crippen LogP contribution < -0.4 is 14.4 Å². The quantitative estimate of drug-likeness (QED) is 0.0788. The molecule has 0 spiro atoms. The summed E-state index contributed by atoms with van der Waals surface area (Å²) in [5.41, 5.74) is -1.57. The van der Waals surface area contributed by atoms with Crippen LogP contribution in [0.4, 0.5) is 50.9 Å². The summed E-state index contributed by atoms with van der Waals surface area (Å²) in [4.78, 5) is 7.99. The number of alkyl halides is 9. The number of imidazole rings is 1. The molecule has 1 aliphatic heterocycles. The fraction of sp³-hybridized carbons (Fsp3) is 0.370. The zero-order valence-corrected chi connectivity index (χ0v) is 24.0. The van der Waals surface area contributed by atoms with Gasteiger partial charge in [0, 0.05) is 25.7 Å². The van der Waals surface area contributed by atoms with E-state index in [1.807, 2.05) is 0 Å². The van der Waals surface area contributed by atoms with Gasteiger partial charge in [-0.3, -0.25) is 0 Å². The fourth-order valence-electron chi connectivity index (χ4n) is 4.90. The summed E-state index contributed by atoms with van der Waals surface area (Å²) in [6, 6.07) is 5.68. The molecule has 44 heavy (non-hydrogen) atoms. The lowest BCUT2D eigenvalue weighted by Gasteiger charge is -2.24. The Morgan fingerprint density at radius 3 is 2.20 bits per heavy atom. The van der Waals surface area contributed by atoms with Crippen molar-refractivity contribution in [3.05, 3.63) is 71.3 Å². The second-order valence-electron chi connectivity index (χ2n) is 9.95. The van der Waals surface area contributed by atoms with Crippen LogP contribution in [0, 0.1) is 0 Å². The summed E-state index contributed by atoms with van der Waals surface area (Å²) in [5.74, 6) is 0.272. The van der Waals surface area contributed by atoms with Crippen molar-refractivity contribution in [3.8, 4) is 0 Å². The maximum absolute atomic E-state index is 13.5. The summed E-state index contributed by atoms with van der Waals surface area (Å²) in [6.07, 6.45) is -10.5. The standard InChI is InChI=1S/C27H25F9N4O3S/c1-16(42-43-44-41)11-12-39-21-13-17(26(31,32)33)7-9-19(21)37(2)23(39)5-4-6-24-38(3)20-10-8-18(27(34,35)36)14-22(20)40(24)15-25(28,29)30/h4-10,13-14,16H,11-12,15H2,1-3H3. The predicted octanol–water partition coefficient (Wildman–Crippen LogP) is 7.38. The van der Waals surface area contributed by atoms with Crippen LogP contribution in [-0.4, -0.2) is 35.0 Å². The zero-order valence-electron chi connectivity index (χ0n) is 23.2. The third-order valence-electron chi connectivity index (χ3n) is 6.97. The molecule has 0 amide bonds. The zero-order chi connectivity index (χ0) is 32.6. The summed E-state index contributed by atoms with van der Waals surface area (Å²) < 4.78 is 138. The van der Waals surface area contributed by atoms with E-state index in [0.717, 1.165) is 24.3 Å². The lowest BCUT2D eigenvalue weighted by Crippen LogP contribution is -2.32. The maximum Gasteiger partial charge on any atom is 0.426 e. The molecule has 0 N–H and O–H groups in total. The van der Waals surface area contributed by atoms with Crippen LogP contribution in [0.25, 0.3) is 17.1 Å². The molecule has 0 saturated heterocycles. The molecule has 4 rings (SSSR count). The molecule has 3 aromatic rings. The molecule has 0 bridgehead atoms. The highest BCUT2D eigenvalue weighted by atomic mass is 32.2. The van der Waals surface area contributed by atoms with Crippen LogP contribution in [0.1, 0.15) is 30.3 Å². The minimum atomic E-state index is -4.78. The Morgan fingerprint density at radius 2 is 1.59 bits per heavy atom. The highest BCUT2D eigenvalue weighted by Crippen LogP contribution is 2.44. The average Bonchev–Trinajstić information content (AvgIpc) is 3.33. The monoisotopic (exact) mass is 656 g/mol. The van der Waals surface area contributed by atoms with Crippen LogP contribution in [-0.2, 0) is 35.2 Å². The van der Waals surface area contributed by atoms with Gasteiger partial charge in [-0.1, -0.05) is 18.4 Å². The van der Waals surface area contributed by atoms with Gasteiger partial charge in [-0.15, -0.1) is 0 Å². The van der Waals surface area contributed by atoms with E-state index in [1.165, 1.54) is 35.9 Å². The van der Waals surface area contributed by atoms with Crippen molar-refractivity contribution in [2.75, 3.05) is 23.4 Å². The Hall–Kier alpha value is -3.41. The number of allylic oxidation sites excluding steroid dienone is 2. The van der Waals surface area contributed by atoms with Gasteiger partial charge in [0.05, 0.1) is 35.7 Å². The van der Waals surface area contributed by atoms with E-state index in [2.05, 4.69) is 4.33 Å². The van der Waals surface area contributed by atoms with Crippen molar-refractivity contribution in [2.24, 2.45) is 7.05 Å². The van der Waals surface area contributed by atoms with Crippen LogP contribution in [0.5, 0.6) is 0 Å². The molecular formula is C27H25F9N4O3S. The lowest BCUT2D eigenvalue weighted by atomic mass is 10.1. The largest absolute Gasteiger partial charge is 0.774 e. The number of benzene rings is 2. The highest BCUT2D eigenvalue weighted by molar-refractivity contribution is 7.88. The van der Waals surface area contributed by atoms with Gasteiger partial charge in [0.25, 0.3) is 5.82 Å². The molecule has 1 aromatic heterocycles. The van der Waals surface area contributed by atoms with Gasteiger partial charge >= 0.3 is 18.5 Å². The summed E-state index contributed by atoms with van der Waals surface area (Å²) in [5, 5.41) is 0. The van der Waals surface area contributed by atoms with Crippen LogP contribution in [0.2, 0.25) is 0 Å². The predicted molar refractivity (Wildman–Crippen MR) is 143 cm³/mol. The first-order chi connectivity index (χ1) is 20.4. The maximum atomic E-state index is 13.5. The summed E-state index contributed by atoms with van der Waals surface area (Å²) >= 11 is -0.270. The summed E-state index contributed by atoms with van der Waals surface area (Å²) in [6.45, 7) is 0.103. The van der Waals surface area contributed by atoms with Gasteiger partial charge in [0.1, 0.15) is 5.82 Å². The van der Waals surface area contributed by atoms with Gasteiger partial charge < -0.3 is 14.4 Å². The van der Waals surface area contributed by atoms with E-state index in [4.69, 9.17) is 4.89 Å². The minimum absolute atomic E-state index is 0.0770. The Kier molecular flexibility index (Phi) is 9.54. The van der Waals surface area contributed by atoms with E-state index in [9.17, 15) is 44.1 Å². The number of halogens is 9. The molecule has 1 aliphatic rings. The number of anilines is 2. The first-order valence-corrected chi connectivity index (χ1v) is 13.5. The molecular weight excluding hydrogens is 631 g/mol. The van der Waals surface area contributed by atoms with E-state index in [1.54, 1.807) is 23.8 Å². The molecule has 240 valence electrons. The molecule has 1 atom stereocenters. The fourth-order valence-corrected chi connectivity index (χ4v) is 5.07. The molecule has 1 unspecified atom stereocenters. The molecule has 2 aromatic carbocycles. The van der Waals surface area contributed by atoms with Crippen molar-refractivity contribution >= 4 is 40.8 Å². The SMILES string of the molecule is CC(CCN1/C(=C/C=C/c2n(CC(F)(F)F)c3cc(C(F)(F)F)ccc3[n+]2C)N(C)c2ccc(C(F)(F)F)cc21)OOS[O-]. The van der Waals surface area contributed by atoms with Crippen LogP contribution >= 0.6 is 12.3 Å². The normalized spacial score (nSPS) is 16.2. The van der Waals surface area contributed by atoms with Crippen LogP contribution in [0.15, 0.2) is 54.4 Å². The molecule has 0 saturated carbocycles. The number of hydrogen-bond acceptors (Lipinski definition) is 6. The number of hydrogen-bond donors (Lipinski definition) is 0. The van der Waals surface area contributed by atoms with Crippen molar-refractivity contribution in [2.45, 2.75) is 44.5 Å². The van der Waals surface area contributed by atoms with Gasteiger partial charge in [-0.05, 0) is 49.8 Å². The van der Waals surface area contributed by atoms with Crippen molar-refractivity contribution < 1.29 is 57.9 Å². The average molecular weight is 657 g/mol. The van der Waals surface area contributed by atoms with Gasteiger partial charge in [-0.25, -0.2) is 14.0 Å². The molecule has 0 fully saturated rings. The second-order valence-corrected chi connectivity index (χ2v) is 10.2. The smallest absolute Gasteiger partial charge is 0.426 e. The van der Waals surface area contributed by atoms with Gasteiger partial charge in [0.2, 0.25) is 0 Å². The van der Waals surface area contributed by atoms with Crippen molar-refractivity contribution in [1.82, 2.24) is 4.57 Å². The number of aromatic nitrogens is 2. The number of rotatable bonds is 9. The second kappa shape index (κ2) is 12.5. The van der Waals surface area contributed by atoms with Gasteiger partial charge in [-0.2, -0.15) is 43.8 Å². The van der Waals surface area contributed by atoms with E-state index in [-0.39, 0.29) is 47.8 Å². The lowest BCUT2D eigenvalue weighted by molar-refractivity contribution is -0.647. The third-order valence-corrected chi connectivity index (χ3v) is 7.10. The van der Waals surface area contributed by atoms with E-state index < -0.39 is 42.3 Å². The van der Waals surface area contributed by atoms with E-state index >= 15 is 0 Å². The molecule has 7 nitrogen and oxygen atoms in total. The Labute approximate surface area is 249 Å². The van der Waals surface area contributed by atoms with Crippen LogP contribution in [0.3, 0.4) is 0 Å². The van der Waals surface area contributed by atoms with Gasteiger partial charge in [0.15, 0.2) is 17.6 Å². The van der Waals surface area contributed by atoms with E-state index in [0.29, 0.717) is 22.1 Å². The van der Waals surface area contributed by atoms with Crippen molar-refractivity contribution in [1.29, 1.82) is 0 Å². The Morgan fingerprint density at radius 1 is 0.955 bits per heavy atom. The Balaban J connectivity index is 1.77. The topological polar surface area (TPSA) is 56.8 Å². The minimum Gasteiger partial charge on any atom is -0.774 e. The molecule has 2 heterocycles. The first kappa shape index (κ1) is 33.5. The highest BCUT2D eigenvalue weighted by Gasteiger charge is 2.38. The number of fused-ring (bicyclic) bond motifs is 2.